The summed E-state index contributed by atoms with van der Waals surface area (Å²) in [4.78, 5) is 28.0. The average molecular weight is 399 g/mol. The Kier molecular flexibility index (Phi) is 6.00. The molecule has 1 aromatic heterocycles. The number of ether oxygens (including phenoxy) is 1. The van der Waals surface area contributed by atoms with Crippen molar-refractivity contribution in [2.45, 2.75) is 20.5 Å². The Hall–Kier alpha value is -3.26. The smallest absolute Gasteiger partial charge is 0.255 e. The van der Waals surface area contributed by atoms with E-state index in [1.165, 1.54) is 36.5 Å². The van der Waals surface area contributed by atoms with E-state index in [1.807, 2.05) is 12.3 Å². The van der Waals surface area contributed by atoms with Crippen molar-refractivity contribution in [2.75, 3.05) is 10.6 Å². The third kappa shape index (κ3) is 5.14. The Morgan fingerprint density at radius 2 is 2.00 bits per heavy atom. The Balaban J connectivity index is 1.70. The molecule has 0 bridgehead atoms. The van der Waals surface area contributed by atoms with Gasteiger partial charge in [-0.1, -0.05) is 6.07 Å². The molecule has 0 aliphatic rings. The minimum atomic E-state index is -0.603. The topological polar surface area (TPSA) is 80.3 Å². The zero-order valence-corrected chi connectivity index (χ0v) is 16.1. The van der Waals surface area contributed by atoms with Crippen LogP contribution in [-0.2, 0) is 11.4 Å². The molecule has 0 saturated heterocycles. The maximum Gasteiger partial charge on any atom is 0.255 e. The van der Waals surface area contributed by atoms with Crippen LogP contribution in [0.15, 0.2) is 47.8 Å². The van der Waals surface area contributed by atoms with Crippen molar-refractivity contribution >= 4 is 34.5 Å². The van der Waals surface area contributed by atoms with Crippen LogP contribution in [0.1, 0.15) is 28.0 Å². The second-order valence-electron chi connectivity index (χ2n) is 6.00. The molecule has 3 aromatic rings. The molecule has 0 atom stereocenters. The number of amides is 2. The molecular weight excluding hydrogens is 381 g/mol. The van der Waals surface area contributed by atoms with Crippen LogP contribution in [0.4, 0.5) is 15.8 Å². The Morgan fingerprint density at radius 3 is 2.71 bits per heavy atom. The van der Waals surface area contributed by atoms with E-state index in [1.54, 1.807) is 24.3 Å². The van der Waals surface area contributed by atoms with Crippen molar-refractivity contribution in [1.29, 1.82) is 0 Å². The second-order valence-corrected chi connectivity index (χ2v) is 7.07. The standard InChI is InChI=1S/C20H18FN3O3S/c1-12(25)22-15-6-7-18(21)19(9-15)24-20(26)14-4-3-5-17(8-14)27-10-16-11-28-13(2)23-16/h3-9,11H,10H2,1-2H3,(H,22,25)(H,24,26). The monoisotopic (exact) mass is 399 g/mol. The van der Waals surface area contributed by atoms with Crippen molar-refractivity contribution in [2.24, 2.45) is 0 Å². The zero-order chi connectivity index (χ0) is 20.1. The number of anilines is 2. The van der Waals surface area contributed by atoms with Crippen LogP contribution in [0.25, 0.3) is 0 Å². The average Bonchev–Trinajstić information content (AvgIpc) is 3.08. The first-order valence-electron chi connectivity index (χ1n) is 8.43. The lowest BCUT2D eigenvalue weighted by Crippen LogP contribution is -2.14. The lowest BCUT2D eigenvalue weighted by atomic mass is 10.2. The molecule has 0 unspecified atom stereocenters. The molecule has 2 aromatic carbocycles. The lowest BCUT2D eigenvalue weighted by Gasteiger charge is -2.10. The van der Waals surface area contributed by atoms with Gasteiger partial charge in [0.2, 0.25) is 5.91 Å². The Morgan fingerprint density at radius 1 is 1.18 bits per heavy atom. The first kappa shape index (κ1) is 19.5. The van der Waals surface area contributed by atoms with Crippen molar-refractivity contribution in [1.82, 2.24) is 4.98 Å². The number of halogens is 1. The molecule has 2 amide bonds. The number of carbonyl (C=O) groups is 2. The summed E-state index contributed by atoms with van der Waals surface area (Å²) in [6, 6.07) is 10.5. The quantitative estimate of drug-likeness (QED) is 0.645. The van der Waals surface area contributed by atoms with Crippen molar-refractivity contribution in [3.05, 3.63) is 69.9 Å². The molecule has 0 aliphatic carbocycles. The SMILES string of the molecule is CC(=O)Nc1ccc(F)c(NC(=O)c2cccc(OCc3csc(C)n3)c2)c1. The van der Waals surface area contributed by atoms with Gasteiger partial charge >= 0.3 is 0 Å². The highest BCUT2D eigenvalue weighted by molar-refractivity contribution is 7.09. The lowest BCUT2D eigenvalue weighted by molar-refractivity contribution is -0.114. The second kappa shape index (κ2) is 8.62. The van der Waals surface area contributed by atoms with Crippen LogP contribution in [0.5, 0.6) is 5.75 Å². The normalized spacial score (nSPS) is 10.4. The van der Waals surface area contributed by atoms with Crippen molar-refractivity contribution < 1.29 is 18.7 Å². The van der Waals surface area contributed by atoms with Gasteiger partial charge in [0.1, 0.15) is 18.2 Å². The number of benzene rings is 2. The van der Waals surface area contributed by atoms with Gasteiger partial charge in [0.15, 0.2) is 0 Å². The van der Waals surface area contributed by atoms with Crippen molar-refractivity contribution in [3.8, 4) is 5.75 Å². The molecule has 144 valence electrons. The summed E-state index contributed by atoms with van der Waals surface area (Å²) < 4.78 is 19.7. The number of nitrogens with zero attached hydrogens (tertiary/aromatic N) is 1. The van der Waals surface area contributed by atoms with Gasteiger partial charge in [-0.25, -0.2) is 9.37 Å². The van der Waals surface area contributed by atoms with Crippen molar-refractivity contribution in [3.63, 3.8) is 0 Å². The Labute approximate surface area is 165 Å². The number of aromatic nitrogens is 1. The molecule has 6 nitrogen and oxygen atoms in total. The number of aryl methyl sites for hydroxylation is 1. The van der Waals surface area contributed by atoms with Crippen LogP contribution in [-0.4, -0.2) is 16.8 Å². The summed E-state index contributed by atoms with van der Waals surface area (Å²) in [5.74, 6) is -0.877. The minimum Gasteiger partial charge on any atom is -0.487 e. The fourth-order valence-corrected chi connectivity index (χ4v) is 3.05. The summed E-state index contributed by atoms with van der Waals surface area (Å²) in [5.41, 5.74) is 1.49. The fourth-order valence-electron chi connectivity index (χ4n) is 2.46. The van der Waals surface area contributed by atoms with Gasteiger partial charge in [-0.15, -0.1) is 11.3 Å². The molecule has 2 N–H and O–H groups in total. The van der Waals surface area contributed by atoms with E-state index < -0.39 is 11.7 Å². The molecule has 8 heteroatoms. The van der Waals surface area contributed by atoms with Crippen LogP contribution < -0.4 is 15.4 Å². The van der Waals surface area contributed by atoms with Gasteiger partial charge in [-0.05, 0) is 43.3 Å². The molecule has 0 fully saturated rings. The summed E-state index contributed by atoms with van der Waals surface area (Å²) in [5, 5.41) is 7.93. The number of carbonyl (C=O) groups excluding carboxylic acids is 2. The van der Waals surface area contributed by atoms with Gasteiger partial charge < -0.3 is 15.4 Å². The van der Waals surface area contributed by atoms with E-state index in [4.69, 9.17) is 4.74 Å². The third-order valence-corrected chi connectivity index (χ3v) is 4.51. The zero-order valence-electron chi connectivity index (χ0n) is 15.3. The number of hydrogen-bond acceptors (Lipinski definition) is 5. The molecule has 28 heavy (non-hydrogen) atoms. The highest BCUT2D eigenvalue weighted by atomic mass is 32.1. The van der Waals surface area contributed by atoms with E-state index >= 15 is 0 Å². The maximum absolute atomic E-state index is 14.0. The summed E-state index contributed by atoms with van der Waals surface area (Å²) in [7, 11) is 0. The predicted octanol–water partition coefficient (Wildman–Crippen LogP) is 4.38. The van der Waals surface area contributed by atoms with Crippen LogP contribution >= 0.6 is 11.3 Å². The van der Waals surface area contributed by atoms with Gasteiger partial charge in [-0.2, -0.15) is 0 Å². The number of thiazole rings is 1. The molecule has 3 rings (SSSR count). The Bertz CT molecular complexity index is 1020. The summed E-state index contributed by atoms with van der Waals surface area (Å²) in [6.07, 6.45) is 0. The third-order valence-electron chi connectivity index (χ3n) is 3.68. The van der Waals surface area contributed by atoms with E-state index in [9.17, 15) is 14.0 Å². The van der Waals surface area contributed by atoms with Gasteiger partial charge in [0.05, 0.1) is 16.4 Å². The van der Waals surface area contributed by atoms with Gasteiger partial charge in [-0.3, -0.25) is 9.59 Å². The minimum absolute atomic E-state index is 0.0273. The van der Waals surface area contributed by atoms with E-state index in [0.717, 1.165) is 10.7 Å². The van der Waals surface area contributed by atoms with E-state index in [-0.39, 0.29) is 11.6 Å². The molecule has 0 spiro atoms. The van der Waals surface area contributed by atoms with Crippen LogP contribution in [0.3, 0.4) is 0 Å². The summed E-state index contributed by atoms with van der Waals surface area (Å²) >= 11 is 1.54. The number of hydrogen-bond donors (Lipinski definition) is 2. The fraction of sp³-hybridized carbons (Fsp3) is 0.150. The number of rotatable bonds is 6. The molecule has 0 aliphatic heterocycles. The largest absolute Gasteiger partial charge is 0.487 e. The number of nitrogens with one attached hydrogen (secondary N) is 2. The first-order chi connectivity index (χ1) is 13.4. The van der Waals surface area contributed by atoms with Crippen LogP contribution in [0.2, 0.25) is 0 Å². The van der Waals surface area contributed by atoms with Crippen LogP contribution in [0, 0.1) is 12.7 Å². The van der Waals surface area contributed by atoms with Gasteiger partial charge in [0, 0.05) is 23.6 Å². The van der Waals surface area contributed by atoms with Gasteiger partial charge in [0.25, 0.3) is 5.91 Å². The van der Waals surface area contributed by atoms with E-state index in [0.29, 0.717) is 23.6 Å². The maximum atomic E-state index is 14.0. The molecule has 0 radical (unpaired) electrons. The predicted molar refractivity (Wildman–Crippen MR) is 106 cm³/mol. The van der Waals surface area contributed by atoms with E-state index in [2.05, 4.69) is 15.6 Å². The highest BCUT2D eigenvalue weighted by Gasteiger charge is 2.12. The summed E-state index contributed by atoms with van der Waals surface area (Å²) in [6.45, 7) is 3.56. The molecule has 0 saturated carbocycles. The highest BCUT2D eigenvalue weighted by Crippen LogP contribution is 2.22. The molecule has 1 heterocycles. The first-order valence-corrected chi connectivity index (χ1v) is 9.31. The molecular formula is C20H18FN3O3S.